The second-order valence-electron chi connectivity index (χ2n) is 9.64. The van der Waals surface area contributed by atoms with Gasteiger partial charge in [-0.05, 0) is 50.4 Å². The standard InChI is InChI=1S/C27H32N6O3/c1-26(2,28)25(36)30-15-19-9-6-7-12-21(19)24(35)32-23-16-33(18-31-23)27(17-34,22-13-8-14-29-22)20-10-4-3-5-11-20/h3-7,9-12,16-18,22,29H,8,13-15,28H2,1-2H3,(H,30,36)(H,32,35). The van der Waals surface area contributed by atoms with Crippen molar-refractivity contribution in [3.63, 3.8) is 0 Å². The van der Waals surface area contributed by atoms with Gasteiger partial charge in [-0.3, -0.25) is 9.59 Å². The Morgan fingerprint density at radius 3 is 2.56 bits per heavy atom. The molecule has 0 aliphatic carbocycles. The third-order valence-electron chi connectivity index (χ3n) is 6.55. The Labute approximate surface area is 210 Å². The Balaban J connectivity index is 1.58. The summed E-state index contributed by atoms with van der Waals surface area (Å²) in [5, 5.41) is 9.05. The summed E-state index contributed by atoms with van der Waals surface area (Å²) in [5.41, 5.74) is 5.73. The van der Waals surface area contributed by atoms with Crippen LogP contribution in [0.4, 0.5) is 5.82 Å². The van der Waals surface area contributed by atoms with Gasteiger partial charge in [-0.15, -0.1) is 0 Å². The molecule has 2 aromatic carbocycles. The molecule has 0 spiro atoms. The Hall–Kier alpha value is -3.82. The number of carbonyl (C=O) groups is 3. The third kappa shape index (κ3) is 5.07. The Kier molecular flexibility index (Phi) is 7.32. The number of carbonyl (C=O) groups excluding carboxylic acids is 3. The molecule has 1 aliphatic heterocycles. The lowest BCUT2D eigenvalue weighted by Crippen LogP contribution is -2.51. The Bertz CT molecular complexity index is 1230. The van der Waals surface area contributed by atoms with Crippen LogP contribution in [-0.2, 0) is 21.7 Å². The minimum atomic E-state index is -1.03. The van der Waals surface area contributed by atoms with Gasteiger partial charge in [0.1, 0.15) is 5.54 Å². The summed E-state index contributed by atoms with van der Waals surface area (Å²) >= 11 is 0. The topological polar surface area (TPSA) is 131 Å². The van der Waals surface area contributed by atoms with Gasteiger partial charge in [0.15, 0.2) is 12.1 Å². The molecule has 1 saturated heterocycles. The van der Waals surface area contributed by atoms with Crippen LogP contribution in [0, 0.1) is 0 Å². The molecule has 36 heavy (non-hydrogen) atoms. The molecule has 0 bridgehead atoms. The van der Waals surface area contributed by atoms with Crippen molar-refractivity contribution in [3.8, 4) is 0 Å². The monoisotopic (exact) mass is 488 g/mol. The van der Waals surface area contributed by atoms with Crippen LogP contribution < -0.4 is 21.7 Å². The molecule has 2 unspecified atom stereocenters. The fourth-order valence-corrected chi connectivity index (χ4v) is 4.58. The molecule has 1 fully saturated rings. The van der Waals surface area contributed by atoms with E-state index in [9.17, 15) is 14.4 Å². The number of hydrogen-bond acceptors (Lipinski definition) is 6. The van der Waals surface area contributed by atoms with Gasteiger partial charge in [-0.25, -0.2) is 4.98 Å². The van der Waals surface area contributed by atoms with Crippen molar-refractivity contribution in [3.05, 3.63) is 83.8 Å². The van der Waals surface area contributed by atoms with Crippen molar-refractivity contribution in [2.75, 3.05) is 11.9 Å². The molecule has 1 aliphatic rings. The molecular formula is C27H32N6O3. The van der Waals surface area contributed by atoms with Crippen molar-refractivity contribution in [1.82, 2.24) is 20.2 Å². The van der Waals surface area contributed by atoms with E-state index in [1.54, 1.807) is 55.2 Å². The minimum Gasteiger partial charge on any atom is -0.350 e. The SMILES string of the molecule is CC(C)(N)C(=O)NCc1ccccc1C(=O)Nc1cn(C(C=O)(c2ccccc2)C2CCCN2)cn1. The summed E-state index contributed by atoms with van der Waals surface area (Å²) in [6, 6.07) is 16.5. The molecule has 0 saturated carbocycles. The molecule has 2 atom stereocenters. The fraction of sp³-hybridized carbons (Fsp3) is 0.333. The summed E-state index contributed by atoms with van der Waals surface area (Å²) in [6.45, 7) is 4.23. The number of aldehydes is 1. The lowest BCUT2D eigenvalue weighted by atomic mass is 9.82. The predicted octanol–water partition coefficient (Wildman–Crippen LogP) is 2.18. The molecule has 9 nitrogen and oxygen atoms in total. The predicted molar refractivity (Wildman–Crippen MR) is 137 cm³/mol. The number of nitrogens with zero attached hydrogens (tertiary/aromatic N) is 2. The van der Waals surface area contributed by atoms with Crippen LogP contribution in [0.2, 0.25) is 0 Å². The van der Waals surface area contributed by atoms with Crippen molar-refractivity contribution in [1.29, 1.82) is 0 Å². The number of anilines is 1. The Morgan fingerprint density at radius 2 is 1.89 bits per heavy atom. The molecule has 0 radical (unpaired) electrons. The third-order valence-corrected chi connectivity index (χ3v) is 6.55. The summed E-state index contributed by atoms with van der Waals surface area (Å²) in [7, 11) is 0. The van der Waals surface area contributed by atoms with E-state index >= 15 is 0 Å². The van der Waals surface area contributed by atoms with Gasteiger partial charge < -0.3 is 31.0 Å². The van der Waals surface area contributed by atoms with Crippen LogP contribution in [0.15, 0.2) is 67.1 Å². The molecule has 4 rings (SSSR count). The van der Waals surface area contributed by atoms with Crippen LogP contribution in [0.3, 0.4) is 0 Å². The fourth-order valence-electron chi connectivity index (χ4n) is 4.58. The van der Waals surface area contributed by atoms with Crippen LogP contribution in [0.1, 0.15) is 48.2 Å². The van der Waals surface area contributed by atoms with E-state index in [-0.39, 0.29) is 24.4 Å². The van der Waals surface area contributed by atoms with E-state index in [1.165, 1.54) is 0 Å². The van der Waals surface area contributed by atoms with Gasteiger partial charge in [0.05, 0.1) is 11.9 Å². The number of imidazole rings is 1. The number of amides is 2. The highest BCUT2D eigenvalue weighted by Gasteiger charge is 2.43. The molecule has 5 N–H and O–H groups in total. The molecule has 2 heterocycles. The number of nitrogens with two attached hydrogens (primary N) is 1. The van der Waals surface area contributed by atoms with Crippen LogP contribution in [0.5, 0.6) is 0 Å². The van der Waals surface area contributed by atoms with Crippen molar-refractivity contribution in [2.24, 2.45) is 5.73 Å². The Morgan fingerprint density at radius 1 is 1.17 bits per heavy atom. The normalized spacial score (nSPS) is 17.2. The first-order valence-electron chi connectivity index (χ1n) is 12.0. The van der Waals surface area contributed by atoms with Crippen LogP contribution in [0.25, 0.3) is 0 Å². The van der Waals surface area contributed by atoms with Gasteiger partial charge in [0.2, 0.25) is 5.91 Å². The maximum absolute atomic E-state index is 13.2. The summed E-state index contributed by atoms with van der Waals surface area (Å²) in [6.07, 6.45) is 6.02. The number of benzene rings is 2. The summed E-state index contributed by atoms with van der Waals surface area (Å²) in [5.74, 6) is -0.363. The zero-order valence-corrected chi connectivity index (χ0v) is 20.5. The van der Waals surface area contributed by atoms with Crippen molar-refractivity contribution in [2.45, 2.75) is 50.4 Å². The van der Waals surface area contributed by atoms with E-state index in [0.29, 0.717) is 16.9 Å². The summed E-state index contributed by atoms with van der Waals surface area (Å²) < 4.78 is 1.77. The lowest BCUT2D eigenvalue weighted by molar-refractivity contribution is -0.125. The zero-order chi connectivity index (χ0) is 25.8. The van der Waals surface area contributed by atoms with Gasteiger partial charge >= 0.3 is 0 Å². The minimum absolute atomic E-state index is 0.105. The van der Waals surface area contributed by atoms with Crippen molar-refractivity contribution >= 4 is 23.9 Å². The largest absolute Gasteiger partial charge is 0.350 e. The second kappa shape index (κ2) is 10.4. The first-order chi connectivity index (χ1) is 17.3. The highest BCUT2D eigenvalue weighted by Crippen LogP contribution is 2.33. The van der Waals surface area contributed by atoms with Crippen molar-refractivity contribution < 1.29 is 14.4 Å². The molecular weight excluding hydrogens is 456 g/mol. The number of rotatable bonds is 9. The first-order valence-corrected chi connectivity index (χ1v) is 12.0. The molecule has 9 heteroatoms. The maximum atomic E-state index is 13.2. The van der Waals surface area contributed by atoms with Gasteiger partial charge in [-0.1, -0.05) is 48.5 Å². The van der Waals surface area contributed by atoms with Crippen LogP contribution >= 0.6 is 0 Å². The highest BCUT2D eigenvalue weighted by atomic mass is 16.2. The molecule has 2 amide bonds. The lowest BCUT2D eigenvalue weighted by Gasteiger charge is -2.36. The quantitative estimate of drug-likeness (QED) is 0.342. The highest BCUT2D eigenvalue weighted by molar-refractivity contribution is 6.04. The average molecular weight is 489 g/mol. The number of aromatic nitrogens is 2. The van der Waals surface area contributed by atoms with E-state index in [4.69, 9.17) is 5.73 Å². The number of nitrogens with one attached hydrogen (secondary N) is 3. The zero-order valence-electron chi connectivity index (χ0n) is 20.5. The van der Waals surface area contributed by atoms with E-state index in [0.717, 1.165) is 31.2 Å². The average Bonchev–Trinajstić information content (AvgIpc) is 3.57. The maximum Gasteiger partial charge on any atom is 0.257 e. The van der Waals surface area contributed by atoms with Gasteiger partial charge in [0, 0.05) is 24.3 Å². The summed E-state index contributed by atoms with van der Waals surface area (Å²) in [4.78, 5) is 42.4. The molecule has 3 aromatic rings. The first kappa shape index (κ1) is 25.3. The van der Waals surface area contributed by atoms with Crippen LogP contribution in [-0.4, -0.2) is 45.8 Å². The smallest absolute Gasteiger partial charge is 0.257 e. The second-order valence-corrected chi connectivity index (χ2v) is 9.64. The molecule has 188 valence electrons. The van der Waals surface area contributed by atoms with E-state index < -0.39 is 11.1 Å². The van der Waals surface area contributed by atoms with Gasteiger partial charge in [-0.2, -0.15) is 0 Å². The molecule has 1 aromatic heterocycles. The van der Waals surface area contributed by atoms with Gasteiger partial charge in [0.25, 0.3) is 5.91 Å². The van der Waals surface area contributed by atoms with E-state index in [2.05, 4.69) is 20.9 Å². The van der Waals surface area contributed by atoms with E-state index in [1.807, 2.05) is 30.3 Å². The number of hydrogen-bond donors (Lipinski definition) is 4.